The maximum Gasteiger partial charge on any atom is 0.410 e. The number of amides is 1. The van der Waals surface area contributed by atoms with Gasteiger partial charge >= 0.3 is 12.1 Å². The van der Waals surface area contributed by atoms with Crippen molar-refractivity contribution in [2.45, 2.75) is 38.2 Å². The van der Waals surface area contributed by atoms with Crippen LogP contribution in [-0.4, -0.2) is 40.8 Å². The largest absolute Gasteiger partial charge is 0.481 e. The average molecular weight is 291 g/mol. The van der Waals surface area contributed by atoms with Crippen molar-refractivity contribution in [3.63, 3.8) is 0 Å². The Labute approximate surface area is 124 Å². The summed E-state index contributed by atoms with van der Waals surface area (Å²) in [4.78, 5) is 25.4. The van der Waals surface area contributed by atoms with Gasteiger partial charge in [0.2, 0.25) is 0 Å². The van der Waals surface area contributed by atoms with E-state index in [9.17, 15) is 14.7 Å². The molecule has 0 aliphatic carbocycles. The molecule has 1 fully saturated rings. The van der Waals surface area contributed by atoms with Gasteiger partial charge in [-0.2, -0.15) is 0 Å². The summed E-state index contributed by atoms with van der Waals surface area (Å²) in [5.41, 5.74) is -0.903. The average Bonchev–Trinajstić information content (AvgIpc) is 2.84. The van der Waals surface area contributed by atoms with Gasteiger partial charge in [-0.25, -0.2) is 4.79 Å². The molecule has 1 aromatic rings. The minimum Gasteiger partial charge on any atom is -0.481 e. The van der Waals surface area contributed by atoms with E-state index in [0.717, 1.165) is 5.56 Å². The highest BCUT2D eigenvalue weighted by Gasteiger charge is 2.48. The molecular weight excluding hydrogens is 270 g/mol. The van der Waals surface area contributed by atoms with Gasteiger partial charge in [0.25, 0.3) is 0 Å². The van der Waals surface area contributed by atoms with Gasteiger partial charge in [0.1, 0.15) is 11.0 Å². The second-order valence-corrected chi connectivity index (χ2v) is 6.41. The van der Waals surface area contributed by atoms with Crippen LogP contribution < -0.4 is 0 Å². The molecule has 1 heterocycles. The molecule has 0 aromatic heterocycles. The molecule has 114 valence electrons. The molecule has 1 atom stereocenters. The third-order valence-electron chi connectivity index (χ3n) is 3.66. The molecule has 1 amide bonds. The van der Waals surface area contributed by atoms with Gasteiger partial charge in [-0.3, -0.25) is 4.79 Å². The van der Waals surface area contributed by atoms with Crippen LogP contribution in [0.3, 0.4) is 0 Å². The fourth-order valence-electron chi connectivity index (χ4n) is 2.58. The van der Waals surface area contributed by atoms with Gasteiger partial charge < -0.3 is 14.7 Å². The van der Waals surface area contributed by atoms with Crippen LogP contribution in [0.2, 0.25) is 0 Å². The standard InChI is InChI=1S/C16H21NO4/c1-15(2,3)21-14(20)17-10-9-16(11-17,13(18)19)12-7-5-4-6-8-12/h4-8H,9-11H2,1-3H3,(H,18,19)/t16-/m1/s1. The summed E-state index contributed by atoms with van der Waals surface area (Å²) in [5.74, 6) is -0.903. The van der Waals surface area contributed by atoms with Gasteiger partial charge in [-0.05, 0) is 32.8 Å². The van der Waals surface area contributed by atoms with Crippen LogP contribution in [0.5, 0.6) is 0 Å². The van der Waals surface area contributed by atoms with Crippen LogP contribution in [-0.2, 0) is 14.9 Å². The summed E-state index contributed by atoms with van der Waals surface area (Å²) in [5, 5.41) is 9.67. The number of aliphatic carboxylic acids is 1. The Hall–Kier alpha value is -2.04. The number of carbonyl (C=O) groups excluding carboxylic acids is 1. The summed E-state index contributed by atoms with van der Waals surface area (Å²) < 4.78 is 5.32. The number of carbonyl (C=O) groups is 2. The molecule has 1 aliphatic rings. The van der Waals surface area contributed by atoms with Crippen molar-refractivity contribution in [2.24, 2.45) is 0 Å². The minimum absolute atomic E-state index is 0.140. The number of nitrogens with zero attached hydrogens (tertiary/aromatic N) is 1. The van der Waals surface area contributed by atoms with E-state index in [-0.39, 0.29) is 6.54 Å². The summed E-state index contributed by atoms with van der Waals surface area (Å²) in [6, 6.07) is 9.07. The minimum atomic E-state index is -1.04. The van der Waals surface area contributed by atoms with E-state index < -0.39 is 23.1 Å². The zero-order valence-electron chi connectivity index (χ0n) is 12.6. The summed E-state index contributed by atoms with van der Waals surface area (Å²) in [6.07, 6.45) is -0.0625. The SMILES string of the molecule is CC(C)(C)OC(=O)N1CC[C@](C(=O)O)(c2ccccc2)C1. The van der Waals surface area contributed by atoms with Crippen molar-refractivity contribution < 1.29 is 19.4 Å². The predicted octanol–water partition coefficient (Wildman–Crippen LogP) is 2.65. The van der Waals surface area contributed by atoms with Crippen molar-refractivity contribution in [3.8, 4) is 0 Å². The number of hydrogen-bond donors (Lipinski definition) is 1. The van der Waals surface area contributed by atoms with E-state index in [1.165, 1.54) is 4.90 Å². The lowest BCUT2D eigenvalue weighted by Crippen LogP contribution is -2.42. The van der Waals surface area contributed by atoms with Crippen molar-refractivity contribution in [1.29, 1.82) is 0 Å². The van der Waals surface area contributed by atoms with Gasteiger partial charge in [-0.15, -0.1) is 0 Å². The molecule has 0 saturated carbocycles. The zero-order chi connectivity index (χ0) is 15.7. The number of ether oxygens (including phenoxy) is 1. The Morgan fingerprint density at radius 1 is 1.24 bits per heavy atom. The summed E-state index contributed by atoms with van der Waals surface area (Å²) >= 11 is 0. The highest BCUT2D eigenvalue weighted by molar-refractivity contribution is 5.84. The molecule has 1 N–H and O–H groups in total. The molecule has 21 heavy (non-hydrogen) atoms. The second kappa shape index (κ2) is 5.39. The smallest absolute Gasteiger partial charge is 0.410 e. The first-order valence-corrected chi connectivity index (χ1v) is 7.01. The first-order valence-electron chi connectivity index (χ1n) is 7.01. The van der Waals surface area contributed by atoms with E-state index in [0.29, 0.717) is 13.0 Å². The molecule has 1 saturated heterocycles. The molecule has 0 unspecified atom stereocenters. The van der Waals surface area contributed by atoms with Crippen LogP contribution in [0.4, 0.5) is 4.79 Å². The van der Waals surface area contributed by atoms with Gasteiger partial charge in [-0.1, -0.05) is 30.3 Å². The Morgan fingerprint density at radius 3 is 2.38 bits per heavy atom. The monoisotopic (exact) mass is 291 g/mol. The van der Waals surface area contributed by atoms with Crippen LogP contribution in [0.1, 0.15) is 32.8 Å². The molecule has 5 nitrogen and oxygen atoms in total. The van der Waals surface area contributed by atoms with Crippen molar-refractivity contribution in [2.75, 3.05) is 13.1 Å². The fourth-order valence-corrected chi connectivity index (χ4v) is 2.58. The molecule has 0 bridgehead atoms. The fraction of sp³-hybridized carbons (Fsp3) is 0.500. The normalized spacial score (nSPS) is 22.1. The van der Waals surface area contributed by atoms with Crippen molar-refractivity contribution in [3.05, 3.63) is 35.9 Å². The maximum absolute atomic E-state index is 12.1. The Balaban J connectivity index is 2.21. The maximum atomic E-state index is 12.1. The molecule has 1 aliphatic heterocycles. The quantitative estimate of drug-likeness (QED) is 0.909. The lowest BCUT2D eigenvalue weighted by atomic mass is 9.80. The van der Waals surface area contributed by atoms with Crippen LogP contribution in [0, 0.1) is 0 Å². The third kappa shape index (κ3) is 3.17. The topological polar surface area (TPSA) is 66.8 Å². The molecule has 0 radical (unpaired) electrons. The molecule has 0 spiro atoms. The highest BCUT2D eigenvalue weighted by Crippen LogP contribution is 2.35. The second-order valence-electron chi connectivity index (χ2n) is 6.41. The number of carboxylic acids is 1. The number of carboxylic acid groups (broad SMARTS) is 1. The first kappa shape index (κ1) is 15.4. The summed E-state index contributed by atoms with van der Waals surface area (Å²) in [7, 11) is 0. The van der Waals surface area contributed by atoms with Gasteiger partial charge in [0.15, 0.2) is 0 Å². The number of rotatable bonds is 2. The van der Waals surface area contributed by atoms with Crippen LogP contribution in [0.15, 0.2) is 30.3 Å². The first-order chi connectivity index (χ1) is 9.74. The Morgan fingerprint density at radius 2 is 1.86 bits per heavy atom. The Kier molecular flexibility index (Phi) is 3.94. The highest BCUT2D eigenvalue weighted by atomic mass is 16.6. The number of hydrogen-bond acceptors (Lipinski definition) is 3. The zero-order valence-corrected chi connectivity index (χ0v) is 12.6. The van der Waals surface area contributed by atoms with E-state index in [4.69, 9.17) is 4.74 Å². The molecular formula is C16H21NO4. The van der Waals surface area contributed by atoms with Crippen LogP contribution >= 0.6 is 0 Å². The van der Waals surface area contributed by atoms with Gasteiger partial charge in [0.05, 0.1) is 0 Å². The van der Waals surface area contributed by atoms with E-state index >= 15 is 0 Å². The van der Waals surface area contributed by atoms with E-state index in [1.807, 2.05) is 18.2 Å². The molecule has 5 heteroatoms. The third-order valence-corrected chi connectivity index (χ3v) is 3.66. The molecule has 2 rings (SSSR count). The lowest BCUT2D eigenvalue weighted by Gasteiger charge is -2.27. The van der Waals surface area contributed by atoms with Crippen LogP contribution in [0.25, 0.3) is 0 Å². The summed E-state index contributed by atoms with van der Waals surface area (Å²) in [6.45, 7) is 5.91. The molecule has 1 aromatic carbocycles. The van der Waals surface area contributed by atoms with E-state index in [2.05, 4.69) is 0 Å². The van der Waals surface area contributed by atoms with E-state index in [1.54, 1.807) is 32.9 Å². The van der Waals surface area contributed by atoms with Crippen molar-refractivity contribution >= 4 is 12.1 Å². The number of likely N-dealkylation sites (tertiary alicyclic amines) is 1. The number of benzene rings is 1. The van der Waals surface area contributed by atoms with Gasteiger partial charge in [0, 0.05) is 13.1 Å². The van der Waals surface area contributed by atoms with Crippen molar-refractivity contribution in [1.82, 2.24) is 4.90 Å². The Bertz CT molecular complexity index is 535. The lowest BCUT2D eigenvalue weighted by molar-refractivity contribution is -0.143. The predicted molar refractivity (Wildman–Crippen MR) is 78.2 cm³/mol.